The maximum atomic E-state index is 13.2. The van der Waals surface area contributed by atoms with E-state index in [1.807, 2.05) is 0 Å². The highest BCUT2D eigenvalue weighted by molar-refractivity contribution is 5.75. The van der Waals surface area contributed by atoms with Crippen LogP contribution in [-0.2, 0) is 18.0 Å². The molecule has 6 aliphatic rings. The van der Waals surface area contributed by atoms with Crippen molar-refractivity contribution in [1.82, 2.24) is 0 Å². The second-order valence-electron chi connectivity index (χ2n) is 21.9. The van der Waals surface area contributed by atoms with Gasteiger partial charge in [0.2, 0.25) is 0 Å². The van der Waals surface area contributed by atoms with Gasteiger partial charge in [-0.15, -0.1) is 0 Å². The maximum Gasteiger partial charge on any atom is 0.305 e. The van der Waals surface area contributed by atoms with E-state index in [1.165, 1.54) is 6.07 Å². The molecule has 2 unspecified atom stereocenters. The molecule has 21 N–H and O–H groups in total. The average molecular weight is 1200 g/mol. The number of aliphatic hydroxyl groups is 4. The largest absolute Gasteiger partial charge is 0.508 e. The molecule has 4 bridgehead atoms. The molecule has 6 heterocycles. The summed E-state index contributed by atoms with van der Waals surface area (Å²) in [4.78, 5) is 0. The molecule has 0 radical (unpaired) electrons. The number of phenols is 17. The van der Waals surface area contributed by atoms with Crippen LogP contribution in [0.2, 0.25) is 0 Å². The lowest BCUT2D eigenvalue weighted by Gasteiger charge is -2.52. The standard InChI is InChI=1S/C60H46O27/c61-20-10-25(65)39-36(11-20)84-59(18-6-31(71)49(77)32(72)7-18)57(80)46(39)44-38(85-59)15-28(68)40-45(51(79)53(83-55(40)44)17-4-29(69)48(76)30(70)5-17)41-26(66)13-27(67)42-47-43-37(86-60(58(47)81,87-56(41)42)19-8-33(73)50(78)34(74)9-19)14-23(63)21-12-35(75)52(82-54(21)43)16-1-2-22(62)24(64)3-16/h1-11,13-15,35,45-47,51-53,57-58,61-81H,12H2/t35-,45-,46-,47-,51+,52+,53+,57?,58?,59+,60-/m0/s1. The summed E-state index contributed by atoms with van der Waals surface area (Å²) in [5.41, 5.74) is -3.90. The number of ether oxygens (including phenoxy) is 6. The first kappa shape index (κ1) is 54.0. The Morgan fingerprint density at radius 1 is 0.333 bits per heavy atom. The van der Waals surface area contributed by atoms with Crippen LogP contribution in [0.5, 0.6) is 132 Å². The van der Waals surface area contributed by atoms with E-state index in [4.69, 9.17) is 28.4 Å². The number of fused-ring (bicyclic) bond motifs is 16. The Labute approximate surface area is 485 Å². The van der Waals surface area contributed by atoms with Crippen molar-refractivity contribution in [3.8, 4) is 132 Å². The Kier molecular flexibility index (Phi) is 11.2. The fourth-order valence-electron chi connectivity index (χ4n) is 13.1. The van der Waals surface area contributed by atoms with Gasteiger partial charge in [-0.1, -0.05) is 6.07 Å². The van der Waals surface area contributed by atoms with Crippen molar-refractivity contribution < 1.29 is 136 Å². The van der Waals surface area contributed by atoms with Crippen LogP contribution >= 0.6 is 0 Å². The zero-order chi connectivity index (χ0) is 61.7. The number of aromatic hydroxyl groups is 17. The van der Waals surface area contributed by atoms with E-state index < -0.39 is 227 Å². The first-order valence-corrected chi connectivity index (χ1v) is 26.3. The predicted octanol–water partition coefficient (Wildman–Crippen LogP) is 4.61. The molecule has 0 aliphatic carbocycles. The van der Waals surface area contributed by atoms with Crippen molar-refractivity contribution in [3.05, 3.63) is 146 Å². The molecular formula is C60H46O27. The van der Waals surface area contributed by atoms with Crippen molar-refractivity contribution in [2.75, 3.05) is 0 Å². The quantitative estimate of drug-likeness (QED) is 0.105. The van der Waals surface area contributed by atoms with Crippen LogP contribution in [-0.4, -0.2) is 132 Å². The Balaban J connectivity index is 1.06. The van der Waals surface area contributed by atoms with Gasteiger partial charge in [0.05, 0.1) is 23.9 Å². The molecule has 27 nitrogen and oxygen atoms in total. The van der Waals surface area contributed by atoms with Crippen molar-refractivity contribution in [2.45, 2.75) is 72.4 Å². The number of benzene rings is 8. The van der Waals surface area contributed by atoms with Crippen molar-refractivity contribution in [2.24, 2.45) is 0 Å². The van der Waals surface area contributed by atoms with E-state index in [0.717, 1.165) is 78.9 Å². The van der Waals surface area contributed by atoms with Gasteiger partial charge in [-0.3, -0.25) is 0 Å². The molecule has 6 aliphatic heterocycles. The summed E-state index contributed by atoms with van der Waals surface area (Å²) in [5, 5.41) is 240. The topological polar surface area (TPSA) is 480 Å². The van der Waals surface area contributed by atoms with Gasteiger partial charge in [-0.2, -0.15) is 0 Å². The lowest BCUT2D eigenvalue weighted by atomic mass is 9.70. The Morgan fingerprint density at radius 2 is 0.770 bits per heavy atom. The second-order valence-corrected chi connectivity index (χ2v) is 21.9. The number of rotatable bonds is 5. The molecule has 0 aromatic heterocycles. The van der Waals surface area contributed by atoms with Gasteiger partial charge >= 0.3 is 11.6 Å². The number of hydrogen-bond donors (Lipinski definition) is 21. The van der Waals surface area contributed by atoms with Gasteiger partial charge in [-0.05, 0) is 54.1 Å². The molecule has 0 saturated carbocycles. The molecule has 11 atom stereocenters. The summed E-state index contributed by atoms with van der Waals surface area (Å²) in [6, 6.07) is 13.1. The molecule has 27 heteroatoms. The fraction of sp³-hybridized carbons (Fsp3) is 0.200. The van der Waals surface area contributed by atoms with Crippen molar-refractivity contribution >= 4 is 0 Å². The molecule has 0 fully saturated rings. The number of aliphatic hydroxyl groups excluding tert-OH is 4. The van der Waals surface area contributed by atoms with E-state index in [9.17, 15) is 107 Å². The SMILES string of the molecule is Oc1cc(O)c2c(c1)O[C@]1(c3cc(O)c(O)c(O)c3)Oc3cc(O)c4c(c3[C@H]2C1O)O[C@H](c1cc(O)c(O)c(O)c1)[C@H](O)[C@@H]4c1c(O)cc(O)c2c1O[C@]1(c3cc(O)c(O)c(O)c3)Oc3cc(O)c4c(c3[C@H]2C1O)O[C@H](c1ccc(O)c(O)c1)[C@@H](O)C4. The third-order valence-corrected chi connectivity index (χ3v) is 17.0. The smallest absolute Gasteiger partial charge is 0.305 e. The molecular weight excluding hydrogens is 1150 g/mol. The van der Waals surface area contributed by atoms with Crippen LogP contribution in [0.3, 0.4) is 0 Å². The van der Waals surface area contributed by atoms with Gasteiger partial charge in [0, 0.05) is 92.4 Å². The van der Waals surface area contributed by atoms with E-state index in [2.05, 4.69) is 0 Å². The van der Waals surface area contributed by atoms with Gasteiger partial charge < -0.3 is 136 Å². The lowest BCUT2D eigenvalue weighted by molar-refractivity contribution is -0.219. The number of phenolic OH excluding ortho intramolecular Hbond substituents is 17. The van der Waals surface area contributed by atoms with Crippen molar-refractivity contribution in [3.63, 3.8) is 0 Å². The van der Waals surface area contributed by atoms with E-state index in [0.29, 0.717) is 0 Å². The summed E-state index contributed by atoms with van der Waals surface area (Å²) >= 11 is 0. The van der Waals surface area contributed by atoms with Crippen LogP contribution in [0.1, 0.15) is 91.2 Å². The third-order valence-electron chi connectivity index (χ3n) is 17.0. The van der Waals surface area contributed by atoms with E-state index in [1.54, 1.807) is 0 Å². The minimum absolute atomic E-state index is 0.0868. The van der Waals surface area contributed by atoms with Crippen LogP contribution in [0, 0.1) is 0 Å². The molecule has 8 aromatic carbocycles. The van der Waals surface area contributed by atoms with Gasteiger partial charge in [0.15, 0.2) is 69.3 Å². The van der Waals surface area contributed by atoms with E-state index in [-0.39, 0.29) is 39.1 Å². The minimum Gasteiger partial charge on any atom is -0.508 e. The van der Waals surface area contributed by atoms with Crippen LogP contribution < -0.4 is 28.4 Å². The molecule has 0 saturated heterocycles. The number of hydrogen-bond acceptors (Lipinski definition) is 27. The summed E-state index contributed by atoms with van der Waals surface area (Å²) in [7, 11) is 0. The Hall–Kier alpha value is -11.0. The van der Waals surface area contributed by atoms with Gasteiger partial charge in [-0.25, -0.2) is 0 Å². The van der Waals surface area contributed by atoms with Crippen molar-refractivity contribution in [1.29, 1.82) is 0 Å². The fourth-order valence-corrected chi connectivity index (χ4v) is 13.1. The molecule has 87 heavy (non-hydrogen) atoms. The second kappa shape index (κ2) is 18.0. The Morgan fingerprint density at radius 3 is 1.33 bits per heavy atom. The van der Waals surface area contributed by atoms with Crippen LogP contribution in [0.25, 0.3) is 0 Å². The first-order valence-electron chi connectivity index (χ1n) is 26.3. The van der Waals surface area contributed by atoms with E-state index >= 15 is 0 Å². The van der Waals surface area contributed by atoms with Gasteiger partial charge in [0.25, 0.3) is 0 Å². The molecule has 0 spiro atoms. The van der Waals surface area contributed by atoms with Gasteiger partial charge in [0.1, 0.15) is 93.4 Å². The Bertz CT molecular complexity index is 4290. The summed E-state index contributed by atoms with van der Waals surface area (Å²) in [5.74, 6) is -29.0. The average Bonchev–Trinajstić information content (AvgIpc) is 0.695. The lowest BCUT2D eigenvalue weighted by Crippen LogP contribution is -2.58. The summed E-state index contributed by atoms with van der Waals surface area (Å²) < 4.78 is 39.2. The normalized spacial score (nSPS) is 25.8. The molecule has 448 valence electrons. The molecule has 0 amide bonds. The summed E-state index contributed by atoms with van der Waals surface area (Å²) in [6.45, 7) is 0. The maximum absolute atomic E-state index is 13.2. The monoisotopic (exact) mass is 1200 g/mol. The highest BCUT2D eigenvalue weighted by Gasteiger charge is 2.64. The highest BCUT2D eigenvalue weighted by atomic mass is 16.7. The molecule has 8 aromatic rings. The van der Waals surface area contributed by atoms with Crippen LogP contribution in [0.15, 0.2) is 84.9 Å². The third kappa shape index (κ3) is 7.30. The highest BCUT2D eigenvalue weighted by Crippen LogP contribution is 2.69. The minimum atomic E-state index is -2.89. The molecule has 14 rings (SSSR count). The first-order chi connectivity index (χ1) is 41.2. The zero-order valence-corrected chi connectivity index (χ0v) is 43.8. The van der Waals surface area contributed by atoms with Crippen LogP contribution in [0.4, 0.5) is 0 Å². The zero-order valence-electron chi connectivity index (χ0n) is 43.8. The predicted molar refractivity (Wildman–Crippen MR) is 286 cm³/mol. The summed E-state index contributed by atoms with van der Waals surface area (Å²) in [6.07, 6.45) is -12.0.